The standard InChI is InChI=1S/C17H17ClN6O8S2.C16H20N2/c1-23-17(20-12(27)13(28)21-23)34-5-6-4-33-15-9(14(29)24(15)10(6)16(30)31)19-11(26)8(22-32-2)7(25)3-18;1-3-7-15(8-4-1)13-17-11-12-18-14-16-9-5-2-6-10-16/h9,15H,3-5H2,1-2H3,(H,19,26)(H,21,28)(H,30,31);1-10,17-18H,11-14H2/p-1/t9-,15?;/m1./s1. The van der Waals surface area contributed by atoms with E-state index in [1.54, 1.807) is 0 Å². The van der Waals surface area contributed by atoms with Gasteiger partial charge in [-0.2, -0.15) is 4.98 Å². The van der Waals surface area contributed by atoms with Crippen LogP contribution >= 0.6 is 35.1 Å². The normalized spacial score (nSPS) is 16.6. The first-order chi connectivity index (χ1) is 25.0. The average Bonchev–Trinajstić information content (AvgIpc) is 3.15. The van der Waals surface area contributed by atoms with Crippen LogP contribution in [0.1, 0.15) is 11.1 Å². The molecule has 5 rings (SSSR count). The molecule has 0 bridgehead atoms. The highest BCUT2D eigenvalue weighted by Gasteiger charge is 2.53. The van der Waals surface area contributed by atoms with Gasteiger partial charge in [0, 0.05) is 44.7 Å². The summed E-state index contributed by atoms with van der Waals surface area (Å²) in [5.74, 6) is -4.47. The SMILES string of the molecule is CON=C(C(=O)CCl)C(=O)N[C@@H]1C(=O)N2C(C(=O)[O-])=C(CSc3nc(=O)c(=O)[nH]n3C)CSC12.c1ccc(CNCCNCc2ccccc2)cc1. The van der Waals surface area contributed by atoms with Crippen LogP contribution in [0.15, 0.2) is 91.8 Å². The molecule has 276 valence electrons. The number of β-lactam (4-membered cyclic amide) rings is 1. The number of alkyl halides is 1. The van der Waals surface area contributed by atoms with Gasteiger partial charge < -0.3 is 30.7 Å². The third kappa shape index (κ3) is 10.6. The Kier molecular flexibility index (Phi) is 15.2. The second-order valence-corrected chi connectivity index (χ2v) is 13.4. The summed E-state index contributed by atoms with van der Waals surface area (Å²) in [6.45, 7) is 3.85. The largest absolute Gasteiger partial charge is 0.543 e. The second-order valence-electron chi connectivity index (χ2n) is 11.1. The number of amides is 2. The molecular formula is C33H36ClN8O8S2-. The summed E-state index contributed by atoms with van der Waals surface area (Å²) in [6.07, 6.45) is 0. The highest BCUT2D eigenvalue weighted by Crippen LogP contribution is 2.41. The van der Waals surface area contributed by atoms with E-state index in [0.717, 1.165) is 50.0 Å². The molecule has 1 unspecified atom stereocenters. The Morgan fingerprint density at radius 1 is 1.04 bits per heavy atom. The maximum Gasteiger partial charge on any atom is 0.339 e. The Bertz CT molecular complexity index is 1880. The Morgan fingerprint density at radius 2 is 1.63 bits per heavy atom. The van der Waals surface area contributed by atoms with Crippen LogP contribution in [0, 0.1) is 0 Å². The smallest absolute Gasteiger partial charge is 0.339 e. The van der Waals surface area contributed by atoms with Crippen molar-refractivity contribution >= 4 is 64.4 Å². The van der Waals surface area contributed by atoms with Crippen molar-refractivity contribution in [1.29, 1.82) is 0 Å². The fraction of sp³-hybridized carbons (Fsp3) is 0.333. The van der Waals surface area contributed by atoms with Crippen molar-refractivity contribution in [3.63, 3.8) is 0 Å². The number of oxime groups is 1. The Morgan fingerprint density at radius 3 is 2.17 bits per heavy atom. The number of aryl methyl sites for hydroxylation is 1. The number of Topliss-reactive ketones (excluding diaryl/α,β-unsaturated/α-hetero) is 1. The number of benzene rings is 2. The minimum Gasteiger partial charge on any atom is -0.543 e. The number of hydrogen-bond donors (Lipinski definition) is 4. The summed E-state index contributed by atoms with van der Waals surface area (Å²) >= 11 is 7.62. The maximum atomic E-state index is 12.7. The molecule has 52 heavy (non-hydrogen) atoms. The predicted octanol–water partition coefficient (Wildman–Crippen LogP) is -0.659. The van der Waals surface area contributed by atoms with E-state index in [1.165, 1.54) is 34.6 Å². The number of carbonyl (C=O) groups excluding carboxylic acids is 4. The Balaban J connectivity index is 0.000000281. The first kappa shape index (κ1) is 40.0. The zero-order chi connectivity index (χ0) is 37.6. The number of hydrogen-bond acceptors (Lipinski definition) is 14. The number of fused-ring (bicyclic) bond motifs is 1. The van der Waals surface area contributed by atoms with Gasteiger partial charge in [-0.15, -0.1) is 23.4 Å². The van der Waals surface area contributed by atoms with Crippen LogP contribution in [-0.4, -0.2) is 97.9 Å². The molecule has 2 aliphatic rings. The number of H-pyrrole nitrogens is 1. The van der Waals surface area contributed by atoms with Crippen molar-refractivity contribution in [3.05, 3.63) is 104 Å². The van der Waals surface area contributed by atoms with Crippen LogP contribution in [0.4, 0.5) is 0 Å². The molecule has 2 aliphatic heterocycles. The van der Waals surface area contributed by atoms with Crippen LogP contribution < -0.4 is 32.2 Å². The number of rotatable bonds is 16. The zero-order valence-corrected chi connectivity index (χ0v) is 30.5. The van der Waals surface area contributed by atoms with Gasteiger partial charge in [-0.05, 0) is 16.7 Å². The molecule has 0 saturated carbocycles. The number of carbonyl (C=O) groups is 4. The average molecular weight is 772 g/mol. The van der Waals surface area contributed by atoms with E-state index in [0.29, 0.717) is 5.57 Å². The highest BCUT2D eigenvalue weighted by atomic mass is 35.5. The van der Waals surface area contributed by atoms with Crippen LogP contribution in [0.25, 0.3) is 0 Å². The number of aromatic nitrogens is 3. The topological polar surface area (TPSA) is 220 Å². The van der Waals surface area contributed by atoms with Crippen molar-refractivity contribution in [2.24, 2.45) is 12.2 Å². The molecule has 0 spiro atoms. The monoisotopic (exact) mass is 771 g/mol. The first-order valence-electron chi connectivity index (χ1n) is 15.7. The molecule has 3 heterocycles. The van der Waals surface area contributed by atoms with E-state index in [2.05, 4.69) is 84.6 Å². The lowest BCUT2D eigenvalue weighted by Gasteiger charge is -2.50. The van der Waals surface area contributed by atoms with Gasteiger partial charge in [-0.3, -0.25) is 38.7 Å². The Labute approximate surface area is 311 Å². The second kappa shape index (κ2) is 19.7. The van der Waals surface area contributed by atoms with E-state index in [-0.39, 0.29) is 22.4 Å². The van der Waals surface area contributed by atoms with Crippen molar-refractivity contribution in [2.45, 2.75) is 29.7 Å². The summed E-state index contributed by atoms with van der Waals surface area (Å²) in [5, 5.41) is 26.0. The molecule has 2 aromatic carbocycles. The summed E-state index contributed by atoms with van der Waals surface area (Å²) in [7, 11) is 2.58. The molecule has 2 atom stereocenters. The van der Waals surface area contributed by atoms with E-state index in [4.69, 9.17) is 11.6 Å². The number of carboxylic acid groups (broad SMARTS) is 1. The number of nitrogens with one attached hydrogen (secondary N) is 4. The van der Waals surface area contributed by atoms with Crippen LogP contribution in [0.5, 0.6) is 0 Å². The third-order valence-electron chi connectivity index (χ3n) is 7.46. The number of carboxylic acids is 1. The molecule has 19 heteroatoms. The number of ketones is 1. The summed E-state index contributed by atoms with van der Waals surface area (Å²) < 4.78 is 1.22. The van der Waals surface area contributed by atoms with E-state index >= 15 is 0 Å². The van der Waals surface area contributed by atoms with E-state index in [1.807, 2.05) is 12.1 Å². The van der Waals surface area contributed by atoms with Gasteiger partial charge in [0.05, 0.1) is 17.5 Å². The Hall–Kier alpha value is -4.75. The minimum absolute atomic E-state index is 0.0328. The van der Waals surface area contributed by atoms with Gasteiger partial charge in [0.2, 0.25) is 11.5 Å². The van der Waals surface area contributed by atoms with Gasteiger partial charge in [-0.25, -0.2) is 0 Å². The molecule has 1 saturated heterocycles. The molecule has 16 nitrogen and oxygen atoms in total. The number of thioether (sulfide) groups is 2. The lowest BCUT2D eigenvalue weighted by molar-refractivity contribution is -0.301. The van der Waals surface area contributed by atoms with Crippen LogP contribution in [-0.2, 0) is 44.2 Å². The fourth-order valence-corrected chi connectivity index (χ4v) is 7.47. The van der Waals surface area contributed by atoms with Gasteiger partial charge in [-0.1, -0.05) is 77.6 Å². The molecule has 3 aromatic rings. The van der Waals surface area contributed by atoms with Gasteiger partial charge >= 0.3 is 11.1 Å². The molecule has 4 N–H and O–H groups in total. The number of nitrogens with zero attached hydrogens (tertiary/aromatic N) is 4. The van der Waals surface area contributed by atoms with Gasteiger partial charge in [0.25, 0.3) is 11.8 Å². The first-order valence-corrected chi connectivity index (χ1v) is 18.3. The zero-order valence-electron chi connectivity index (χ0n) is 28.1. The number of aromatic amines is 1. The van der Waals surface area contributed by atoms with Crippen molar-refractivity contribution in [2.75, 3.05) is 37.6 Å². The highest BCUT2D eigenvalue weighted by molar-refractivity contribution is 8.01. The summed E-state index contributed by atoms with van der Waals surface area (Å²) in [5.41, 5.74) is 0.113. The lowest BCUT2D eigenvalue weighted by atomic mass is 10.0. The third-order valence-corrected chi connectivity index (χ3v) is 10.2. The molecular weight excluding hydrogens is 736 g/mol. The van der Waals surface area contributed by atoms with Crippen LogP contribution in [0.3, 0.4) is 0 Å². The van der Waals surface area contributed by atoms with E-state index in [9.17, 15) is 33.9 Å². The van der Waals surface area contributed by atoms with Crippen LogP contribution in [0.2, 0.25) is 0 Å². The lowest BCUT2D eigenvalue weighted by Crippen LogP contribution is -2.71. The van der Waals surface area contributed by atoms with Gasteiger partial charge in [0.1, 0.15) is 18.5 Å². The summed E-state index contributed by atoms with van der Waals surface area (Å²) in [4.78, 5) is 80.7. The molecule has 1 aromatic heterocycles. The van der Waals surface area contributed by atoms with Crippen molar-refractivity contribution < 1.29 is 29.1 Å². The predicted molar refractivity (Wildman–Crippen MR) is 194 cm³/mol. The molecule has 0 aliphatic carbocycles. The fourth-order valence-electron chi connectivity index (χ4n) is 4.94. The molecule has 0 radical (unpaired) electrons. The quantitative estimate of drug-likeness (QED) is 0.0208. The van der Waals surface area contributed by atoms with E-state index < -0.39 is 57.7 Å². The molecule has 2 amide bonds. The maximum absolute atomic E-state index is 12.7. The number of halogens is 1. The minimum atomic E-state index is -1.60. The van der Waals surface area contributed by atoms with Crippen molar-refractivity contribution in [3.8, 4) is 0 Å². The summed E-state index contributed by atoms with van der Waals surface area (Å²) in [6, 6.07) is 19.8. The van der Waals surface area contributed by atoms with Gasteiger partial charge in [0.15, 0.2) is 5.16 Å². The molecule has 1 fully saturated rings. The number of aliphatic carboxylic acids is 1. The van der Waals surface area contributed by atoms with Crippen molar-refractivity contribution in [1.82, 2.24) is 35.6 Å².